The average molecular weight is 339 g/mol. The minimum Gasteiger partial charge on any atom is -0.355 e. The Morgan fingerprint density at radius 3 is 2.18 bits per heavy atom. The Morgan fingerprint density at radius 2 is 1.64 bits per heavy atom. The fourth-order valence-electron chi connectivity index (χ4n) is 1.85. The van der Waals surface area contributed by atoms with Crippen LogP contribution in [0.3, 0.4) is 0 Å². The molecule has 0 saturated carbocycles. The maximum atomic E-state index is 12.1. The van der Waals surface area contributed by atoms with E-state index >= 15 is 0 Å². The molecule has 0 aromatic heterocycles. The van der Waals surface area contributed by atoms with E-state index in [1.54, 1.807) is 48.5 Å². The van der Waals surface area contributed by atoms with E-state index in [0.29, 0.717) is 21.8 Å². The van der Waals surface area contributed by atoms with Gasteiger partial charge in [0.1, 0.15) is 0 Å². The quantitative estimate of drug-likeness (QED) is 0.880. The Kier molecular flexibility index (Phi) is 5.05. The monoisotopic (exact) mass is 338 g/mol. The lowest BCUT2D eigenvalue weighted by molar-refractivity contribution is 0.0963. The Bertz CT molecular complexity index is 756. The van der Waals surface area contributed by atoms with Gasteiger partial charge in [-0.25, -0.2) is 8.42 Å². The van der Waals surface area contributed by atoms with Gasteiger partial charge in [0.15, 0.2) is 0 Å². The van der Waals surface area contributed by atoms with E-state index in [2.05, 4.69) is 10.0 Å². The second-order valence-corrected chi connectivity index (χ2v) is 6.80. The third-order valence-corrected chi connectivity index (χ3v) is 4.43. The highest BCUT2D eigenvalue weighted by Crippen LogP contribution is 2.15. The third kappa shape index (κ3) is 4.47. The molecule has 0 fully saturated rings. The van der Waals surface area contributed by atoms with E-state index in [1.807, 2.05) is 0 Å². The van der Waals surface area contributed by atoms with Crippen LogP contribution in [0, 0.1) is 0 Å². The van der Waals surface area contributed by atoms with Gasteiger partial charge in [0, 0.05) is 23.3 Å². The number of carbonyl (C=O) groups excluding carboxylic acids is 1. The third-order valence-electron chi connectivity index (χ3n) is 2.92. The summed E-state index contributed by atoms with van der Waals surface area (Å²) in [5.41, 5.74) is 1.50. The van der Waals surface area contributed by atoms with Gasteiger partial charge in [-0.2, -0.15) is 0 Å². The fourth-order valence-corrected chi connectivity index (χ4v) is 3.17. The van der Waals surface area contributed by atoms with Gasteiger partial charge in [0.05, 0.1) is 5.75 Å². The maximum Gasteiger partial charge on any atom is 0.251 e. The maximum absolute atomic E-state index is 12.1. The number of hydrogen-bond acceptors (Lipinski definition) is 3. The van der Waals surface area contributed by atoms with Crippen molar-refractivity contribution >= 4 is 33.2 Å². The van der Waals surface area contributed by atoms with Gasteiger partial charge >= 0.3 is 0 Å². The molecule has 0 bridgehead atoms. The van der Waals surface area contributed by atoms with Gasteiger partial charge in [0.2, 0.25) is 10.0 Å². The van der Waals surface area contributed by atoms with E-state index in [9.17, 15) is 13.2 Å². The van der Waals surface area contributed by atoms with Crippen molar-refractivity contribution in [3.63, 3.8) is 0 Å². The van der Waals surface area contributed by atoms with Gasteiger partial charge in [-0.3, -0.25) is 9.52 Å². The van der Waals surface area contributed by atoms with E-state index < -0.39 is 10.0 Å². The highest BCUT2D eigenvalue weighted by atomic mass is 35.5. The van der Waals surface area contributed by atoms with Crippen LogP contribution in [0.2, 0.25) is 5.02 Å². The number of hydrogen-bond donors (Lipinski definition) is 2. The molecule has 22 heavy (non-hydrogen) atoms. The predicted octanol–water partition coefficient (Wildman–Crippen LogP) is 2.64. The number of anilines is 1. The summed E-state index contributed by atoms with van der Waals surface area (Å²) in [6.45, 7) is 0. The second-order valence-electron chi connectivity index (χ2n) is 4.64. The number of benzene rings is 2. The number of sulfonamides is 1. The molecular weight excluding hydrogens is 324 g/mol. The molecule has 5 nitrogen and oxygen atoms in total. The molecule has 7 heteroatoms. The van der Waals surface area contributed by atoms with Crippen molar-refractivity contribution in [3.8, 4) is 0 Å². The molecule has 116 valence electrons. The lowest BCUT2D eigenvalue weighted by Crippen LogP contribution is -2.18. The zero-order chi connectivity index (χ0) is 16.2. The standard InChI is InChI=1S/C15H15ClN2O3S/c1-17-15(19)12-4-8-14(9-5-12)18-22(20,21)10-11-2-6-13(16)7-3-11/h2-9,18H,10H2,1H3,(H,17,19). The van der Waals surface area contributed by atoms with Crippen molar-refractivity contribution in [3.05, 3.63) is 64.7 Å². The topological polar surface area (TPSA) is 75.3 Å². The zero-order valence-corrected chi connectivity index (χ0v) is 13.4. The first-order chi connectivity index (χ1) is 10.4. The van der Waals surface area contributed by atoms with Crippen LogP contribution >= 0.6 is 11.6 Å². The molecule has 0 heterocycles. The summed E-state index contributed by atoms with van der Waals surface area (Å²) in [4.78, 5) is 11.4. The molecule has 2 aromatic rings. The van der Waals surface area contributed by atoms with Crippen LogP contribution in [-0.2, 0) is 15.8 Å². The van der Waals surface area contributed by atoms with Crippen LogP contribution in [0.15, 0.2) is 48.5 Å². The molecule has 0 aliphatic carbocycles. The smallest absolute Gasteiger partial charge is 0.251 e. The summed E-state index contributed by atoms with van der Waals surface area (Å²) in [6, 6.07) is 12.8. The van der Waals surface area contributed by atoms with Crippen molar-refractivity contribution in [1.82, 2.24) is 5.32 Å². The SMILES string of the molecule is CNC(=O)c1ccc(NS(=O)(=O)Cc2ccc(Cl)cc2)cc1. The highest BCUT2D eigenvalue weighted by molar-refractivity contribution is 7.91. The number of nitrogens with one attached hydrogen (secondary N) is 2. The molecule has 0 aliphatic rings. The predicted molar refractivity (Wildman–Crippen MR) is 87.5 cm³/mol. The number of carbonyl (C=O) groups is 1. The summed E-state index contributed by atoms with van der Waals surface area (Å²) in [5, 5.41) is 3.05. The highest BCUT2D eigenvalue weighted by Gasteiger charge is 2.12. The lowest BCUT2D eigenvalue weighted by atomic mass is 10.2. The van der Waals surface area contributed by atoms with E-state index in [-0.39, 0.29) is 11.7 Å². The molecule has 0 aliphatic heterocycles. The first-order valence-electron chi connectivity index (χ1n) is 6.47. The molecule has 0 spiro atoms. The first-order valence-corrected chi connectivity index (χ1v) is 8.50. The van der Waals surface area contributed by atoms with Crippen LogP contribution in [0.25, 0.3) is 0 Å². The van der Waals surface area contributed by atoms with E-state index in [4.69, 9.17) is 11.6 Å². The van der Waals surface area contributed by atoms with Crippen LogP contribution in [-0.4, -0.2) is 21.4 Å². The summed E-state index contributed by atoms with van der Waals surface area (Å²) in [5.74, 6) is -0.378. The molecule has 0 unspecified atom stereocenters. The molecular formula is C15H15ClN2O3S. The largest absolute Gasteiger partial charge is 0.355 e. The van der Waals surface area contributed by atoms with Crippen molar-refractivity contribution in [2.24, 2.45) is 0 Å². The molecule has 0 radical (unpaired) electrons. The minimum absolute atomic E-state index is 0.151. The summed E-state index contributed by atoms with van der Waals surface area (Å²) in [7, 11) is -2.00. The minimum atomic E-state index is -3.53. The van der Waals surface area contributed by atoms with Gasteiger partial charge in [-0.05, 0) is 42.0 Å². The zero-order valence-electron chi connectivity index (χ0n) is 11.8. The van der Waals surface area contributed by atoms with Gasteiger partial charge in [0.25, 0.3) is 5.91 Å². The van der Waals surface area contributed by atoms with Crippen LogP contribution in [0.4, 0.5) is 5.69 Å². The molecule has 0 atom stereocenters. The summed E-state index contributed by atoms with van der Waals surface area (Å²) in [6.07, 6.45) is 0. The lowest BCUT2D eigenvalue weighted by Gasteiger charge is -2.09. The van der Waals surface area contributed by atoms with Crippen molar-refractivity contribution in [2.75, 3.05) is 11.8 Å². The summed E-state index contributed by atoms with van der Waals surface area (Å²) < 4.78 is 26.7. The molecule has 2 aromatic carbocycles. The first kappa shape index (κ1) is 16.3. The Labute approximate surface area is 134 Å². The second kappa shape index (κ2) is 6.81. The van der Waals surface area contributed by atoms with E-state index in [0.717, 1.165) is 0 Å². The molecule has 0 saturated heterocycles. The molecule has 2 N–H and O–H groups in total. The Morgan fingerprint density at radius 1 is 1.05 bits per heavy atom. The molecule has 1 amide bonds. The van der Waals surface area contributed by atoms with Gasteiger partial charge < -0.3 is 5.32 Å². The Hall–Kier alpha value is -2.05. The Balaban J connectivity index is 2.08. The summed E-state index contributed by atoms with van der Waals surface area (Å²) >= 11 is 5.77. The van der Waals surface area contributed by atoms with Crippen LogP contribution in [0.5, 0.6) is 0 Å². The van der Waals surface area contributed by atoms with Gasteiger partial charge in [-0.1, -0.05) is 23.7 Å². The number of amides is 1. The normalized spacial score (nSPS) is 11.0. The van der Waals surface area contributed by atoms with Gasteiger partial charge in [-0.15, -0.1) is 0 Å². The van der Waals surface area contributed by atoms with Crippen LogP contribution < -0.4 is 10.0 Å². The van der Waals surface area contributed by atoms with Crippen molar-refractivity contribution < 1.29 is 13.2 Å². The van der Waals surface area contributed by atoms with Crippen molar-refractivity contribution in [1.29, 1.82) is 0 Å². The number of halogens is 1. The van der Waals surface area contributed by atoms with Crippen LogP contribution in [0.1, 0.15) is 15.9 Å². The molecule has 2 rings (SSSR count). The number of rotatable bonds is 5. The van der Waals surface area contributed by atoms with Crippen molar-refractivity contribution in [2.45, 2.75) is 5.75 Å². The average Bonchev–Trinajstić information content (AvgIpc) is 2.49. The van der Waals surface area contributed by atoms with E-state index in [1.165, 1.54) is 7.05 Å². The fraction of sp³-hybridized carbons (Fsp3) is 0.133.